The van der Waals surface area contributed by atoms with Crippen LogP contribution in [0, 0.1) is 0 Å². The van der Waals surface area contributed by atoms with Crippen molar-refractivity contribution in [1.82, 2.24) is 14.8 Å². The van der Waals surface area contributed by atoms with Gasteiger partial charge in [-0.05, 0) is 36.4 Å². The molecule has 1 aliphatic heterocycles. The molecule has 2 aromatic carbocycles. The summed E-state index contributed by atoms with van der Waals surface area (Å²) in [5.74, 6) is 2.30. The third kappa shape index (κ3) is 6.09. The van der Waals surface area contributed by atoms with Crippen molar-refractivity contribution in [3.8, 4) is 17.1 Å². The van der Waals surface area contributed by atoms with Crippen LogP contribution in [0.1, 0.15) is 12.3 Å². The van der Waals surface area contributed by atoms with Gasteiger partial charge in [0, 0.05) is 56.2 Å². The fourth-order valence-electron chi connectivity index (χ4n) is 3.58. The molecule has 4 rings (SSSR count). The predicted molar refractivity (Wildman–Crippen MR) is 120 cm³/mol. The molecular formula is C24H26ClN3O3. The molecule has 0 unspecified atom stereocenters. The van der Waals surface area contributed by atoms with E-state index in [4.69, 9.17) is 20.8 Å². The molecule has 1 aliphatic rings. The van der Waals surface area contributed by atoms with Gasteiger partial charge in [0.25, 0.3) is 0 Å². The first kappa shape index (κ1) is 21.4. The lowest BCUT2D eigenvalue weighted by atomic mass is 10.2. The van der Waals surface area contributed by atoms with Gasteiger partial charge in [-0.2, -0.15) is 0 Å². The number of nitrogens with zero attached hydrogens (tertiary/aromatic N) is 3. The van der Waals surface area contributed by atoms with Crippen LogP contribution in [0.4, 0.5) is 0 Å². The normalized spacial score (nSPS) is 14.5. The molecule has 0 spiro atoms. The van der Waals surface area contributed by atoms with E-state index in [1.54, 1.807) is 6.20 Å². The number of hydrogen-bond donors (Lipinski definition) is 0. The van der Waals surface area contributed by atoms with Crippen LogP contribution < -0.4 is 4.74 Å². The second-order valence-electron chi connectivity index (χ2n) is 7.51. The predicted octanol–water partition coefficient (Wildman–Crippen LogP) is 4.15. The molecular weight excluding hydrogens is 414 g/mol. The standard InChI is InChI=1S/C24H26ClN3O3/c25-20-8-6-19(7-9-20)22-18-26-23(31-22)10-11-24(29)28-14-12-27(13-15-28)16-17-30-21-4-2-1-3-5-21/h1-9,18H,10-17H2. The fourth-order valence-corrected chi connectivity index (χ4v) is 3.70. The molecule has 1 fully saturated rings. The van der Waals surface area contributed by atoms with Crippen LogP contribution in [0.3, 0.4) is 0 Å². The molecule has 0 aliphatic carbocycles. The number of rotatable bonds is 8. The number of aryl methyl sites for hydroxylation is 1. The molecule has 162 valence electrons. The summed E-state index contributed by atoms with van der Waals surface area (Å²) in [4.78, 5) is 21.2. The summed E-state index contributed by atoms with van der Waals surface area (Å²) in [7, 11) is 0. The summed E-state index contributed by atoms with van der Waals surface area (Å²) in [6.07, 6.45) is 2.59. The number of hydrogen-bond acceptors (Lipinski definition) is 5. The number of carbonyl (C=O) groups excluding carboxylic acids is 1. The maximum Gasteiger partial charge on any atom is 0.223 e. The van der Waals surface area contributed by atoms with Gasteiger partial charge in [0.15, 0.2) is 11.7 Å². The lowest BCUT2D eigenvalue weighted by Crippen LogP contribution is -2.49. The average Bonchev–Trinajstić information content (AvgIpc) is 3.28. The summed E-state index contributed by atoms with van der Waals surface area (Å²) < 4.78 is 11.6. The van der Waals surface area contributed by atoms with Gasteiger partial charge >= 0.3 is 0 Å². The van der Waals surface area contributed by atoms with Crippen LogP contribution in [0.15, 0.2) is 65.2 Å². The summed E-state index contributed by atoms with van der Waals surface area (Å²) in [6.45, 7) is 4.73. The zero-order chi connectivity index (χ0) is 21.5. The van der Waals surface area contributed by atoms with Gasteiger partial charge in [-0.15, -0.1) is 0 Å². The zero-order valence-corrected chi connectivity index (χ0v) is 18.1. The number of benzene rings is 2. The first-order chi connectivity index (χ1) is 15.2. The smallest absolute Gasteiger partial charge is 0.223 e. The Balaban J connectivity index is 1.17. The van der Waals surface area contributed by atoms with Crippen LogP contribution in [-0.4, -0.2) is 60.0 Å². The third-order valence-electron chi connectivity index (χ3n) is 5.38. The Morgan fingerprint density at radius 2 is 1.77 bits per heavy atom. The molecule has 6 nitrogen and oxygen atoms in total. The first-order valence-corrected chi connectivity index (χ1v) is 10.9. The molecule has 31 heavy (non-hydrogen) atoms. The van der Waals surface area contributed by atoms with Crippen LogP contribution in [-0.2, 0) is 11.2 Å². The number of piperazine rings is 1. The highest BCUT2D eigenvalue weighted by Crippen LogP contribution is 2.23. The molecule has 0 saturated carbocycles. The molecule has 1 aromatic heterocycles. The number of carbonyl (C=O) groups is 1. The molecule has 0 radical (unpaired) electrons. The lowest BCUT2D eigenvalue weighted by Gasteiger charge is -2.34. The largest absolute Gasteiger partial charge is 0.492 e. The summed E-state index contributed by atoms with van der Waals surface area (Å²) in [5, 5.41) is 0.679. The second-order valence-corrected chi connectivity index (χ2v) is 7.95. The third-order valence-corrected chi connectivity index (χ3v) is 5.63. The van der Waals surface area contributed by atoms with E-state index in [2.05, 4.69) is 9.88 Å². The number of aromatic nitrogens is 1. The number of amides is 1. The quantitative estimate of drug-likeness (QED) is 0.527. The minimum absolute atomic E-state index is 0.145. The van der Waals surface area contributed by atoms with Crippen LogP contribution in [0.25, 0.3) is 11.3 Å². The van der Waals surface area contributed by atoms with Crippen molar-refractivity contribution in [1.29, 1.82) is 0 Å². The van der Waals surface area contributed by atoms with Gasteiger partial charge in [0.05, 0.1) is 6.20 Å². The van der Waals surface area contributed by atoms with Crippen molar-refractivity contribution in [3.63, 3.8) is 0 Å². The van der Waals surface area contributed by atoms with Crippen molar-refractivity contribution < 1.29 is 13.9 Å². The van der Waals surface area contributed by atoms with Crippen LogP contribution >= 0.6 is 11.6 Å². The molecule has 3 aromatic rings. The van der Waals surface area contributed by atoms with Gasteiger partial charge < -0.3 is 14.1 Å². The average molecular weight is 440 g/mol. The van der Waals surface area contributed by atoms with Crippen molar-refractivity contribution in [2.24, 2.45) is 0 Å². The van der Waals surface area contributed by atoms with Crippen molar-refractivity contribution in [3.05, 3.63) is 71.7 Å². The Morgan fingerprint density at radius 1 is 1.03 bits per heavy atom. The van der Waals surface area contributed by atoms with Crippen molar-refractivity contribution in [2.45, 2.75) is 12.8 Å². The van der Waals surface area contributed by atoms with E-state index < -0.39 is 0 Å². The highest BCUT2D eigenvalue weighted by Gasteiger charge is 2.21. The molecule has 0 N–H and O–H groups in total. The van der Waals surface area contributed by atoms with E-state index in [9.17, 15) is 4.79 Å². The van der Waals surface area contributed by atoms with Gasteiger partial charge in [0.2, 0.25) is 5.91 Å². The summed E-state index contributed by atoms with van der Waals surface area (Å²) >= 11 is 5.92. The van der Waals surface area contributed by atoms with Crippen LogP contribution in [0.5, 0.6) is 5.75 Å². The molecule has 7 heteroatoms. The van der Waals surface area contributed by atoms with E-state index in [-0.39, 0.29) is 5.91 Å². The van der Waals surface area contributed by atoms with Crippen molar-refractivity contribution >= 4 is 17.5 Å². The topological polar surface area (TPSA) is 58.8 Å². The maximum atomic E-state index is 12.6. The molecule has 0 atom stereocenters. The number of halogens is 1. The monoisotopic (exact) mass is 439 g/mol. The zero-order valence-electron chi connectivity index (χ0n) is 17.4. The Morgan fingerprint density at radius 3 is 2.52 bits per heavy atom. The first-order valence-electron chi connectivity index (χ1n) is 10.6. The SMILES string of the molecule is O=C(CCc1ncc(-c2ccc(Cl)cc2)o1)N1CCN(CCOc2ccccc2)CC1. The van der Waals surface area contributed by atoms with Crippen molar-refractivity contribution in [2.75, 3.05) is 39.3 Å². The fraction of sp³-hybridized carbons (Fsp3) is 0.333. The van der Waals surface area contributed by atoms with E-state index >= 15 is 0 Å². The van der Waals surface area contributed by atoms with Gasteiger partial charge in [-0.1, -0.05) is 29.8 Å². The molecule has 1 amide bonds. The molecule has 1 saturated heterocycles. The van der Waals surface area contributed by atoms with E-state index in [0.29, 0.717) is 36.1 Å². The second kappa shape index (κ2) is 10.5. The number of oxazole rings is 1. The van der Waals surface area contributed by atoms with Gasteiger partial charge in [-0.25, -0.2) is 4.98 Å². The highest BCUT2D eigenvalue weighted by atomic mass is 35.5. The number of para-hydroxylation sites is 1. The van der Waals surface area contributed by atoms with Gasteiger partial charge in [-0.3, -0.25) is 9.69 Å². The molecule has 2 heterocycles. The number of ether oxygens (including phenoxy) is 1. The van der Waals surface area contributed by atoms with E-state index in [1.165, 1.54) is 0 Å². The Labute approximate surface area is 187 Å². The van der Waals surface area contributed by atoms with E-state index in [0.717, 1.165) is 44.0 Å². The maximum absolute atomic E-state index is 12.6. The Kier molecular flexibility index (Phi) is 7.22. The Hall–Kier alpha value is -2.83. The minimum Gasteiger partial charge on any atom is -0.492 e. The molecule has 0 bridgehead atoms. The summed E-state index contributed by atoms with van der Waals surface area (Å²) in [6, 6.07) is 17.2. The minimum atomic E-state index is 0.145. The lowest BCUT2D eigenvalue weighted by molar-refractivity contribution is -0.133. The summed E-state index contributed by atoms with van der Waals surface area (Å²) in [5.41, 5.74) is 0.918. The Bertz CT molecular complexity index is 967. The van der Waals surface area contributed by atoms with Crippen LogP contribution in [0.2, 0.25) is 5.02 Å². The van der Waals surface area contributed by atoms with E-state index in [1.807, 2.05) is 59.5 Å². The highest BCUT2D eigenvalue weighted by molar-refractivity contribution is 6.30. The van der Waals surface area contributed by atoms with Gasteiger partial charge in [0.1, 0.15) is 12.4 Å².